The fourth-order valence-corrected chi connectivity index (χ4v) is 3.61. The minimum atomic E-state index is -0.577. The first-order valence-corrected chi connectivity index (χ1v) is 9.03. The number of nitrogens with one attached hydrogen (secondary N) is 1. The number of carbonyl (C=O) groups is 2. The molecule has 0 saturated carbocycles. The summed E-state index contributed by atoms with van der Waals surface area (Å²) in [6, 6.07) is 3.14. The van der Waals surface area contributed by atoms with Crippen LogP contribution in [0.3, 0.4) is 0 Å². The number of hydrogen-bond acceptors (Lipinski definition) is 5. The van der Waals surface area contributed by atoms with Gasteiger partial charge in [0, 0.05) is 16.9 Å². The third-order valence-corrected chi connectivity index (χ3v) is 5.07. The molecule has 1 aromatic heterocycles. The maximum absolute atomic E-state index is 13.8. The lowest BCUT2D eigenvalue weighted by atomic mass is 9.96. The van der Waals surface area contributed by atoms with Crippen LogP contribution < -0.4 is 11.1 Å². The van der Waals surface area contributed by atoms with Gasteiger partial charge in [0.1, 0.15) is 11.6 Å². The molecule has 26 heavy (non-hydrogen) atoms. The smallest absolute Gasteiger partial charge is 0.240 e. The number of carbonyl (C=O) groups excluding carboxylic acids is 2. The molecule has 0 aliphatic carbocycles. The summed E-state index contributed by atoms with van der Waals surface area (Å²) in [5.41, 5.74) is 5.61. The van der Waals surface area contributed by atoms with Crippen molar-refractivity contribution in [3.63, 3.8) is 0 Å². The van der Waals surface area contributed by atoms with E-state index in [-0.39, 0.29) is 35.5 Å². The number of amides is 2. The zero-order chi connectivity index (χ0) is 18.7. The molecule has 1 aromatic carbocycles. The first kappa shape index (κ1) is 18.4. The minimum Gasteiger partial charge on any atom is -0.369 e. The van der Waals surface area contributed by atoms with Crippen molar-refractivity contribution in [1.82, 2.24) is 9.88 Å². The molecule has 1 saturated heterocycles. The van der Waals surface area contributed by atoms with Crippen LogP contribution in [0.2, 0.25) is 0 Å². The van der Waals surface area contributed by atoms with Crippen LogP contribution in [0.4, 0.5) is 13.9 Å². The highest BCUT2D eigenvalue weighted by atomic mass is 32.1. The Morgan fingerprint density at radius 2 is 2.04 bits per heavy atom. The molecule has 6 nitrogen and oxygen atoms in total. The quantitative estimate of drug-likeness (QED) is 0.833. The van der Waals surface area contributed by atoms with Gasteiger partial charge in [0.15, 0.2) is 5.13 Å². The largest absolute Gasteiger partial charge is 0.369 e. The number of likely N-dealkylation sites (tertiary alicyclic amines) is 1. The molecule has 2 amide bonds. The third-order valence-electron chi connectivity index (χ3n) is 4.31. The molecule has 3 N–H and O–H groups in total. The number of nitrogens with two attached hydrogens (primary N) is 1. The zero-order valence-electron chi connectivity index (χ0n) is 13.9. The summed E-state index contributed by atoms with van der Waals surface area (Å²) in [6.45, 7) is 1.42. The van der Waals surface area contributed by atoms with E-state index in [9.17, 15) is 18.4 Å². The molecule has 0 radical (unpaired) electrons. The van der Waals surface area contributed by atoms with Gasteiger partial charge < -0.3 is 11.1 Å². The Bertz CT molecular complexity index is 819. The average Bonchev–Trinajstić information content (AvgIpc) is 3.05. The summed E-state index contributed by atoms with van der Waals surface area (Å²) in [5.74, 6) is -1.81. The number of piperidine rings is 1. The lowest BCUT2D eigenvalue weighted by Crippen LogP contribution is -2.42. The van der Waals surface area contributed by atoms with Crippen LogP contribution in [0.1, 0.15) is 12.8 Å². The highest BCUT2D eigenvalue weighted by Crippen LogP contribution is 2.27. The van der Waals surface area contributed by atoms with Gasteiger partial charge in [-0.3, -0.25) is 14.5 Å². The van der Waals surface area contributed by atoms with Crippen molar-refractivity contribution in [2.75, 3.05) is 25.0 Å². The van der Waals surface area contributed by atoms with Gasteiger partial charge in [-0.25, -0.2) is 13.8 Å². The number of nitrogens with zero attached hydrogens (tertiary/aromatic N) is 2. The highest BCUT2D eigenvalue weighted by molar-refractivity contribution is 7.14. The molecular formula is C17H18F2N4O2S. The second-order valence-corrected chi connectivity index (χ2v) is 7.02. The Labute approximate surface area is 153 Å². The molecule has 0 atom stereocenters. The van der Waals surface area contributed by atoms with Crippen LogP contribution in [0.25, 0.3) is 11.3 Å². The van der Waals surface area contributed by atoms with E-state index >= 15 is 0 Å². The number of thiazole rings is 1. The van der Waals surface area contributed by atoms with Crippen molar-refractivity contribution in [2.24, 2.45) is 11.7 Å². The number of hydrogen-bond donors (Lipinski definition) is 2. The van der Waals surface area contributed by atoms with E-state index in [4.69, 9.17) is 5.73 Å². The molecule has 0 spiro atoms. The summed E-state index contributed by atoms with van der Waals surface area (Å²) in [5, 5.41) is 4.55. The topological polar surface area (TPSA) is 88.3 Å². The summed E-state index contributed by atoms with van der Waals surface area (Å²) in [6.07, 6.45) is 1.28. The summed E-state index contributed by atoms with van der Waals surface area (Å²) < 4.78 is 27.1. The van der Waals surface area contributed by atoms with Crippen molar-refractivity contribution in [2.45, 2.75) is 12.8 Å². The second kappa shape index (κ2) is 7.88. The lowest BCUT2D eigenvalue weighted by Gasteiger charge is -2.29. The molecule has 1 fully saturated rings. The van der Waals surface area contributed by atoms with Crippen LogP contribution >= 0.6 is 11.3 Å². The third kappa shape index (κ3) is 4.41. The number of anilines is 1. The van der Waals surface area contributed by atoms with Gasteiger partial charge in [0.25, 0.3) is 0 Å². The number of rotatable bonds is 5. The van der Waals surface area contributed by atoms with Crippen LogP contribution in [-0.4, -0.2) is 41.3 Å². The molecule has 138 valence electrons. The van der Waals surface area contributed by atoms with Crippen LogP contribution in [0.5, 0.6) is 0 Å². The van der Waals surface area contributed by atoms with Crippen LogP contribution in [-0.2, 0) is 9.59 Å². The number of halogens is 2. The number of primary amides is 1. The molecule has 0 bridgehead atoms. The predicted octanol–water partition coefficient (Wildman–Crippen LogP) is 2.22. The Hall–Kier alpha value is -2.39. The van der Waals surface area contributed by atoms with E-state index in [1.54, 1.807) is 5.38 Å². The van der Waals surface area contributed by atoms with E-state index in [1.807, 2.05) is 4.90 Å². The van der Waals surface area contributed by atoms with Crippen molar-refractivity contribution in [3.8, 4) is 11.3 Å². The lowest BCUT2D eigenvalue weighted by molar-refractivity contribution is -0.123. The summed E-state index contributed by atoms with van der Waals surface area (Å²) in [7, 11) is 0. The fraction of sp³-hybridized carbons (Fsp3) is 0.353. The van der Waals surface area contributed by atoms with E-state index in [0.29, 0.717) is 31.1 Å². The molecule has 2 heterocycles. The first-order valence-electron chi connectivity index (χ1n) is 8.15. The van der Waals surface area contributed by atoms with Gasteiger partial charge in [-0.2, -0.15) is 0 Å². The monoisotopic (exact) mass is 380 g/mol. The standard InChI is InChI=1S/C17H18F2N4O2S/c18-11-1-2-13(19)12(7-11)14-9-26-17(21-14)22-15(24)8-23-5-3-10(4-6-23)16(20)25/h1-2,7,9-10H,3-6,8H2,(H2,20,25)(H,21,22,24). The van der Waals surface area contributed by atoms with Gasteiger partial charge in [-0.05, 0) is 44.1 Å². The number of aromatic nitrogens is 1. The highest BCUT2D eigenvalue weighted by Gasteiger charge is 2.24. The van der Waals surface area contributed by atoms with Crippen molar-refractivity contribution < 1.29 is 18.4 Å². The SMILES string of the molecule is NC(=O)C1CCN(CC(=O)Nc2nc(-c3cc(F)ccc3F)cs2)CC1. The number of benzene rings is 1. The Kier molecular flexibility index (Phi) is 5.58. The van der Waals surface area contributed by atoms with Gasteiger partial charge in [-0.1, -0.05) is 0 Å². The van der Waals surface area contributed by atoms with Crippen molar-refractivity contribution >= 4 is 28.3 Å². The van der Waals surface area contributed by atoms with Crippen molar-refractivity contribution in [3.05, 3.63) is 35.2 Å². The molecule has 2 aromatic rings. The van der Waals surface area contributed by atoms with Crippen LogP contribution in [0, 0.1) is 17.6 Å². The van der Waals surface area contributed by atoms with E-state index in [0.717, 1.165) is 29.5 Å². The van der Waals surface area contributed by atoms with Gasteiger partial charge in [0.05, 0.1) is 12.2 Å². The second-order valence-electron chi connectivity index (χ2n) is 6.16. The minimum absolute atomic E-state index is 0.0512. The van der Waals surface area contributed by atoms with Crippen LogP contribution in [0.15, 0.2) is 23.6 Å². The average molecular weight is 380 g/mol. The Morgan fingerprint density at radius 3 is 2.73 bits per heavy atom. The van der Waals surface area contributed by atoms with Gasteiger partial charge >= 0.3 is 0 Å². The summed E-state index contributed by atoms with van der Waals surface area (Å²) in [4.78, 5) is 29.4. The predicted molar refractivity (Wildman–Crippen MR) is 94.5 cm³/mol. The van der Waals surface area contributed by atoms with Gasteiger partial charge in [-0.15, -0.1) is 11.3 Å². The normalized spacial score (nSPS) is 15.8. The molecular weight excluding hydrogens is 362 g/mol. The molecule has 1 aliphatic heterocycles. The first-order chi connectivity index (χ1) is 12.4. The maximum atomic E-state index is 13.8. The zero-order valence-corrected chi connectivity index (χ0v) is 14.7. The summed E-state index contributed by atoms with van der Waals surface area (Å²) >= 11 is 1.14. The molecule has 1 aliphatic rings. The maximum Gasteiger partial charge on any atom is 0.240 e. The van der Waals surface area contributed by atoms with Gasteiger partial charge in [0.2, 0.25) is 11.8 Å². The van der Waals surface area contributed by atoms with Crippen molar-refractivity contribution in [1.29, 1.82) is 0 Å². The van der Waals surface area contributed by atoms with E-state index in [1.165, 1.54) is 0 Å². The van der Waals surface area contributed by atoms with E-state index < -0.39 is 11.6 Å². The Morgan fingerprint density at radius 1 is 1.31 bits per heavy atom. The fourth-order valence-electron chi connectivity index (χ4n) is 2.89. The molecule has 9 heteroatoms. The Balaban J connectivity index is 1.57. The van der Waals surface area contributed by atoms with E-state index in [2.05, 4.69) is 10.3 Å². The molecule has 3 rings (SSSR count). The molecule has 0 unspecified atom stereocenters.